The average Bonchev–Trinajstić information content (AvgIpc) is 2.65. The molecule has 0 saturated carbocycles. The van der Waals surface area contributed by atoms with Crippen LogP contribution in [0.5, 0.6) is 0 Å². The van der Waals surface area contributed by atoms with Crippen LogP contribution in [0.1, 0.15) is 12.7 Å². The van der Waals surface area contributed by atoms with Crippen LogP contribution in [0, 0.1) is 0 Å². The van der Waals surface area contributed by atoms with Crippen LogP contribution in [0.25, 0.3) is 5.69 Å². The predicted molar refractivity (Wildman–Crippen MR) is 65.1 cm³/mol. The zero-order valence-electron chi connectivity index (χ0n) is 8.44. The predicted octanol–water partition coefficient (Wildman–Crippen LogP) is 2.78. The van der Waals surface area contributed by atoms with Crippen molar-refractivity contribution in [2.24, 2.45) is 0 Å². The number of hydrogen-bond acceptors (Lipinski definition) is 2. The topological polar surface area (TPSA) is 43.8 Å². The highest BCUT2D eigenvalue weighted by Gasteiger charge is 2.06. The highest BCUT2D eigenvalue weighted by molar-refractivity contribution is 9.10. The summed E-state index contributed by atoms with van der Waals surface area (Å²) >= 11 is 3.39. The third kappa shape index (κ3) is 1.90. The molecule has 0 spiro atoms. The lowest BCUT2D eigenvalue weighted by Crippen LogP contribution is -2.02. The maximum Gasteiger partial charge on any atom is 0.112 e. The summed E-state index contributed by atoms with van der Waals surface area (Å²) in [6, 6.07) is 5.86. The molecular weight excluding hydrogens is 254 g/mol. The molecule has 0 radical (unpaired) electrons. The zero-order valence-corrected chi connectivity index (χ0v) is 10.0. The Bertz CT molecular complexity index is 476. The van der Waals surface area contributed by atoms with Crippen molar-refractivity contribution in [3.8, 4) is 5.69 Å². The van der Waals surface area contributed by atoms with Crippen LogP contribution in [0.15, 0.2) is 35.1 Å². The van der Waals surface area contributed by atoms with Crippen LogP contribution in [-0.4, -0.2) is 9.55 Å². The number of anilines is 1. The number of aromatic nitrogens is 2. The summed E-state index contributed by atoms with van der Waals surface area (Å²) in [6.07, 6.45) is 4.61. The second kappa shape index (κ2) is 4.06. The molecule has 2 N–H and O–H groups in total. The van der Waals surface area contributed by atoms with Crippen molar-refractivity contribution in [3.63, 3.8) is 0 Å². The van der Waals surface area contributed by atoms with Crippen molar-refractivity contribution in [2.45, 2.75) is 13.3 Å². The van der Waals surface area contributed by atoms with Gasteiger partial charge >= 0.3 is 0 Å². The van der Waals surface area contributed by atoms with Crippen molar-refractivity contribution in [2.75, 3.05) is 5.73 Å². The van der Waals surface area contributed by atoms with E-state index in [4.69, 9.17) is 5.73 Å². The van der Waals surface area contributed by atoms with Crippen molar-refractivity contribution in [1.82, 2.24) is 9.55 Å². The third-order valence-corrected chi connectivity index (χ3v) is 2.78. The zero-order chi connectivity index (χ0) is 10.8. The van der Waals surface area contributed by atoms with Crippen molar-refractivity contribution in [1.29, 1.82) is 0 Å². The molecule has 0 atom stereocenters. The lowest BCUT2D eigenvalue weighted by atomic mass is 10.2. The molecule has 15 heavy (non-hydrogen) atoms. The molecule has 0 unspecified atom stereocenters. The molecule has 78 valence electrons. The molecule has 0 fully saturated rings. The van der Waals surface area contributed by atoms with Gasteiger partial charge in [0, 0.05) is 23.3 Å². The normalized spacial score (nSPS) is 10.5. The van der Waals surface area contributed by atoms with Crippen LogP contribution in [-0.2, 0) is 6.42 Å². The van der Waals surface area contributed by atoms with Gasteiger partial charge in [0.2, 0.25) is 0 Å². The number of aryl methyl sites for hydroxylation is 1. The first-order valence-corrected chi connectivity index (χ1v) is 5.59. The number of nitrogen functional groups attached to an aromatic ring is 1. The van der Waals surface area contributed by atoms with E-state index in [2.05, 4.69) is 27.8 Å². The monoisotopic (exact) mass is 265 g/mol. The summed E-state index contributed by atoms with van der Waals surface area (Å²) < 4.78 is 3.00. The molecule has 3 nitrogen and oxygen atoms in total. The number of halogens is 1. The number of nitrogens with zero attached hydrogens (tertiary/aromatic N) is 2. The molecular formula is C11H12BrN3. The molecule has 1 heterocycles. The van der Waals surface area contributed by atoms with Gasteiger partial charge in [-0.05, 0) is 18.2 Å². The van der Waals surface area contributed by atoms with Gasteiger partial charge in [0.25, 0.3) is 0 Å². The Morgan fingerprint density at radius 1 is 1.47 bits per heavy atom. The Labute approximate surface area is 97.1 Å². The van der Waals surface area contributed by atoms with Gasteiger partial charge in [0.1, 0.15) is 5.82 Å². The fraction of sp³-hybridized carbons (Fsp3) is 0.182. The first-order chi connectivity index (χ1) is 7.22. The van der Waals surface area contributed by atoms with Crippen LogP contribution in [0.2, 0.25) is 0 Å². The van der Waals surface area contributed by atoms with E-state index in [9.17, 15) is 0 Å². The first-order valence-electron chi connectivity index (χ1n) is 4.80. The summed E-state index contributed by atoms with van der Waals surface area (Å²) in [5, 5.41) is 0. The number of benzene rings is 1. The Hall–Kier alpha value is -1.29. The second-order valence-corrected chi connectivity index (χ2v) is 4.19. The van der Waals surface area contributed by atoms with E-state index in [1.54, 1.807) is 6.20 Å². The number of nitrogens with two attached hydrogens (primary N) is 1. The minimum atomic E-state index is 0.747. The van der Waals surface area contributed by atoms with Gasteiger partial charge < -0.3 is 10.3 Å². The molecule has 0 aliphatic rings. The number of imidazole rings is 1. The second-order valence-electron chi connectivity index (χ2n) is 3.27. The molecule has 4 heteroatoms. The van der Waals surface area contributed by atoms with Crippen LogP contribution in [0.3, 0.4) is 0 Å². The fourth-order valence-electron chi connectivity index (χ4n) is 1.56. The molecule has 1 aromatic heterocycles. The van der Waals surface area contributed by atoms with Gasteiger partial charge in [0.05, 0.1) is 11.4 Å². The number of rotatable bonds is 2. The largest absolute Gasteiger partial charge is 0.397 e. The van der Waals surface area contributed by atoms with Gasteiger partial charge in [-0.15, -0.1) is 0 Å². The molecule has 0 aliphatic carbocycles. The van der Waals surface area contributed by atoms with Crippen LogP contribution < -0.4 is 5.73 Å². The van der Waals surface area contributed by atoms with Crippen LogP contribution in [0.4, 0.5) is 5.69 Å². The summed E-state index contributed by atoms with van der Waals surface area (Å²) in [6.45, 7) is 2.08. The maximum atomic E-state index is 5.96. The quantitative estimate of drug-likeness (QED) is 0.849. The van der Waals surface area contributed by atoms with E-state index < -0.39 is 0 Å². The van der Waals surface area contributed by atoms with Gasteiger partial charge in [-0.3, -0.25) is 0 Å². The van der Waals surface area contributed by atoms with Gasteiger partial charge in [-0.1, -0.05) is 22.9 Å². The van der Waals surface area contributed by atoms with Gasteiger partial charge in [-0.25, -0.2) is 4.98 Å². The molecule has 0 bridgehead atoms. The molecule has 1 aromatic carbocycles. The Morgan fingerprint density at radius 2 is 2.27 bits per heavy atom. The summed E-state index contributed by atoms with van der Waals surface area (Å²) in [5.41, 5.74) is 7.68. The summed E-state index contributed by atoms with van der Waals surface area (Å²) in [7, 11) is 0. The molecule has 0 amide bonds. The Balaban J connectivity index is 2.54. The highest BCUT2D eigenvalue weighted by Crippen LogP contribution is 2.23. The van der Waals surface area contributed by atoms with Crippen LogP contribution >= 0.6 is 15.9 Å². The van der Waals surface area contributed by atoms with Crippen molar-refractivity contribution < 1.29 is 0 Å². The molecule has 2 aromatic rings. The third-order valence-electron chi connectivity index (χ3n) is 2.28. The van der Waals surface area contributed by atoms with E-state index in [-0.39, 0.29) is 0 Å². The lowest BCUT2D eigenvalue weighted by molar-refractivity contribution is 0.892. The Morgan fingerprint density at radius 3 is 2.93 bits per heavy atom. The molecule has 2 rings (SSSR count). The highest BCUT2D eigenvalue weighted by atomic mass is 79.9. The fourth-order valence-corrected chi connectivity index (χ4v) is 1.94. The average molecular weight is 266 g/mol. The van der Waals surface area contributed by atoms with E-state index in [1.807, 2.05) is 29.0 Å². The summed E-state index contributed by atoms with van der Waals surface area (Å²) in [4.78, 5) is 4.27. The maximum absolute atomic E-state index is 5.96. The van der Waals surface area contributed by atoms with Gasteiger partial charge in [-0.2, -0.15) is 0 Å². The standard InChI is InChI=1S/C11H12BrN3/c1-2-11-14-5-6-15(11)10-4-3-8(12)7-9(10)13/h3-7H,2,13H2,1H3. The van der Waals surface area contributed by atoms with Crippen molar-refractivity contribution in [3.05, 3.63) is 40.9 Å². The van der Waals surface area contributed by atoms with E-state index in [0.717, 1.165) is 28.1 Å². The SMILES string of the molecule is CCc1nccn1-c1ccc(Br)cc1N. The smallest absolute Gasteiger partial charge is 0.112 e. The van der Waals surface area contributed by atoms with E-state index in [1.165, 1.54) is 0 Å². The van der Waals surface area contributed by atoms with E-state index in [0.29, 0.717) is 0 Å². The Kier molecular flexibility index (Phi) is 2.77. The first kappa shape index (κ1) is 10.2. The van der Waals surface area contributed by atoms with E-state index >= 15 is 0 Å². The molecule has 0 saturated heterocycles. The minimum absolute atomic E-state index is 0.747. The summed E-state index contributed by atoms with van der Waals surface area (Å²) in [5.74, 6) is 1.02. The molecule has 0 aliphatic heterocycles. The lowest BCUT2D eigenvalue weighted by Gasteiger charge is -2.09. The van der Waals surface area contributed by atoms with Crippen molar-refractivity contribution >= 4 is 21.6 Å². The number of hydrogen-bond donors (Lipinski definition) is 1. The van der Waals surface area contributed by atoms with Gasteiger partial charge in [0.15, 0.2) is 0 Å². The minimum Gasteiger partial charge on any atom is -0.397 e.